The summed E-state index contributed by atoms with van der Waals surface area (Å²) in [7, 11) is 0. The van der Waals surface area contributed by atoms with Crippen molar-refractivity contribution in [2.75, 3.05) is 0 Å². The zero-order chi connectivity index (χ0) is 16.9. The number of carbonyl (C=O) groups excluding carboxylic acids is 1. The van der Waals surface area contributed by atoms with E-state index in [2.05, 4.69) is 0 Å². The third-order valence-corrected chi connectivity index (χ3v) is 5.18. The minimum atomic E-state index is -4.57. The van der Waals surface area contributed by atoms with E-state index < -0.39 is 34.4 Å². The molecule has 0 bridgehead atoms. The molecule has 0 heterocycles. The molecular weight excluding hydrogens is 317 g/mol. The molecule has 1 saturated carbocycles. The molecule has 0 aromatic carbocycles. The predicted molar refractivity (Wildman–Crippen MR) is 78.2 cm³/mol. The standard InChI is InChI=1S/C16H20ClF3O2/c1-8-5-10(6-9(8)2)22-14(21)13-11(15(13,3)4)7-12(17)16(18,19)20/h7,10-11,13H,5-6H2,1-4H3/b12-7-/t11-,13-/m1/s1. The Kier molecular flexibility index (Phi) is 4.42. The summed E-state index contributed by atoms with van der Waals surface area (Å²) in [4.78, 5) is 12.2. The van der Waals surface area contributed by atoms with E-state index in [1.54, 1.807) is 13.8 Å². The first-order chi connectivity index (χ1) is 9.94. The Labute approximate surface area is 133 Å². The van der Waals surface area contributed by atoms with Crippen LogP contribution in [0.2, 0.25) is 0 Å². The highest BCUT2D eigenvalue weighted by Crippen LogP contribution is 2.60. The monoisotopic (exact) mass is 336 g/mol. The molecule has 0 unspecified atom stereocenters. The van der Waals surface area contributed by atoms with Crippen LogP contribution in [0.4, 0.5) is 13.2 Å². The Morgan fingerprint density at radius 1 is 1.27 bits per heavy atom. The lowest BCUT2D eigenvalue weighted by molar-refractivity contribution is -0.151. The third kappa shape index (κ3) is 3.34. The molecule has 2 nitrogen and oxygen atoms in total. The Bertz CT molecular complexity index is 532. The first kappa shape index (κ1) is 17.4. The van der Waals surface area contributed by atoms with E-state index in [9.17, 15) is 18.0 Å². The maximum atomic E-state index is 12.5. The minimum absolute atomic E-state index is 0.188. The minimum Gasteiger partial charge on any atom is -0.461 e. The van der Waals surface area contributed by atoms with Gasteiger partial charge in [-0.3, -0.25) is 4.79 Å². The van der Waals surface area contributed by atoms with Crippen molar-refractivity contribution in [2.24, 2.45) is 17.3 Å². The smallest absolute Gasteiger partial charge is 0.426 e. The topological polar surface area (TPSA) is 26.3 Å². The van der Waals surface area contributed by atoms with Crippen molar-refractivity contribution in [2.45, 2.75) is 52.8 Å². The second-order valence-electron chi connectivity index (χ2n) is 6.86. The molecule has 0 N–H and O–H groups in total. The van der Waals surface area contributed by atoms with Gasteiger partial charge < -0.3 is 4.74 Å². The molecule has 0 spiro atoms. The number of carbonyl (C=O) groups is 1. The van der Waals surface area contributed by atoms with Crippen molar-refractivity contribution in [1.29, 1.82) is 0 Å². The number of ether oxygens (including phenoxy) is 1. The van der Waals surface area contributed by atoms with E-state index in [1.807, 2.05) is 13.8 Å². The number of halogens is 4. The number of alkyl halides is 3. The number of hydrogen-bond acceptors (Lipinski definition) is 2. The Hall–Kier alpha value is -0.970. The molecule has 0 radical (unpaired) electrons. The average Bonchev–Trinajstić information content (AvgIpc) is 2.73. The highest BCUT2D eigenvalue weighted by Gasteiger charge is 2.62. The summed E-state index contributed by atoms with van der Waals surface area (Å²) in [5, 5.41) is -1.17. The van der Waals surface area contributed by atoms with E-state index in [-0.39, 0.29) is 6.10 Å². The molecule has 1 fully saturated rings. The Morgan fingerprint density at radius 2 is 1.77 bits per heavy atom. The van der Waals surface area contributed by atoms with E-state index in [0.29, 0.717) is 12.8 Å². The molecule has 0 saturated heterocycles. The Morgan fingerprint density at radius 3 is 2.23 bits per heavy atom. The van der Waals surface area contributed by atoms with Crippen molar-refractivity contribution >= 4 is 17.6 Å². The van der Waals surface area contributed by atoms with Crippen LogP contribution >= 0.6 is 11.6 Å². The summed E-state index contributed by atoms with van der Waals surface area (Å²) in [6, 6.07) is 0. The fraction of sp³-hybridized carbons (Fsp3) is 0.688. The number of allylic oxidation sites excluding steroid dienone is 2. The molecule has 2 aliphatic carbocycles. The third-order valence-electron chi connectivity index (χ3n) is 4.84. The van der Waals surface area contributed by atoms with Crippen molar-refractivity contribution in [3.8, 4) is 0 Å². The lowest BCUT2D eigenvalue weighted by Gasteiger charge is -2.12. The van der Waals surface area contributed by atoms with Crippen molar-refractivity contribution in [3.63, 3.8) is 0 Å². The van der Waals surface area contributed by atoms with Gasteiger partial charge >= 0.3 is 12.1 Å². The SMILES string of the molecule is CC1=C(C)CC(OC(=O)[C@H]2[C@@H](/C=C(\Cl)C(F)(F)F)C2(C)C)C1. The molecule has 22 heavy (non-hydrogen) atoms. The molecule has 0 amide bonds. The molecule has 2 aliphatic rings. The van der Waals surface area contributed by atoms with Crippen LogP contribution in [0.25, 0.3) is 0 Å². The predicted octanol–water partition coefficient (Wildman–Crippen LogP) is 4.99. The average molecular weight is 337 g/mol. The van der Waals surface area contributed by atoms with E-state index >= 15 is 0 Å². The van der Waals surface area contributed by atoms with Gasteiger partial charge in [0.1, 0.15) is 11.1 Å². The summed E-state index contributed by atoms with van der Waals surface area (Å²) in [5.74, 6) is -1.53. The van der Waals surface area contributed by atoms with Crippen LogP contribution in [0, 0.1) is 17.3 Å². The van der Waals surface area contributed by atoms with Gasteiger partial charge in [-0.1, -0.05) is 42.7 Å². The second kappa shape index (κ2) is 5.59. The van der Waals surface area contributed by atoms with E-state index in [0.717, 1.165) is 6.08 Å². The van der Waals surface area contributed by atoms with Gasteiger partial charge in [-0.15, -0.1) is 0 Å². The molecular formula is C16H20ClF3O2. The summed E-state index contributed by atoms with van der Waals surface area (Å²) in [5.41, 5.74) is 1.87. The van der Waals surface area contributed by atoms with E-state index in [1.165, 1.54) is 11.1 Å². The van der Waals surface area contributed by atoms with Crippen LogP contribution in [-0.2, 0) is 9.53 Å². The molecule has 2 atom stereocenters. The molecule has 0 aliphatic heterocycles. The molecule has 124 valence electrons. The van der Waals surface area contributed by atoms with Gasteiger partial charge in [-0.05, 0) is 25.2 Å². The van der Waals surface area contributed by atoms with Gasteiger partial charge in [0.2, 0.25) is 0 Å². The summed E-state index contributed by atoms with van der Waals surface area (Å²) in [6.45, 7) is 7.51. The van der Waals surface area contributed by atoms with Crippen molar-refractivity contribution in [3.05, 3.63) is 22.3 Å². The number of hydrogen-bond donors (Lipinski definition) is 0. The number of rotatable bonds is 3. The highest BCUT2D eigenvalue weighted by atomic mass is 35.5. The van der Waals surface area contributed by atoms with Crippen LogP contribution in [0.1, 0.15) is 40.5 Å². The normalized spacial score (nSPS) is 29.0. The van der Waals surface area contributed by atoms with Crippen molar-refractivity contribution in [1.82, 2.24) is 0 Å². The van der Waals surface area contributed by atoms with Crippen molar-refractivity contribution < 1.29 is 22.7 Å². The largest absolute Gasteiger partial charge is 0.461 e. The molecule has 0 aromatic heterocycles. The fourth-order valence-electron chi connectivity index (χ4n) is 3.12. The van der Waals surface area contributed by atoms with Gasteiger partial charge in [0.05, 0.1) is 5.92 Å². The second-order valence-corrected chi connectivity index (χ2v) is 7.27. The van der Waals surface area contributed by atoms with Gasteiger partial charge in [0, 0.05) is 12.8 Å². The van der Waals surface area contributed by atoms with Gasteiger partial charge in [0.15, 0.2) is 0 Å². The lowest BCUT2D eigenvalue weighted by Crippen LogP contribution is -2.19. The quantitative estimate of drug-likeness (QED) is 0.536. The zero-order valence-corrected chi connectivity index (χ0v) is 13.8. The maximum Gasteiger partial charge on any atom is 0.426 e. The first-order valence-corrected chi connectivity index (χ1v) is 7.62. The Balaban J connectivity index is 2.00. The van der Waals surface area contributed by atoms with Gasteiger partial charge in [-0.25, -0.2) is 0 Å². The summed E-state index contributed by atoms with van der Waals surface area (Å²) < 4.78 is 43.0. The number of esters is 1. The van der Waals surface area contributed by atoms with Crippen LogP contribution in [0.15, 0.2) is 22.3 Å². The molecule has 0 aromatic rings. The summed E-state index contributed by atoms with van der Waals surface area (Å²) in [6.07, 6.45) is -2.41. The lowest BCUT2D eigenvalue weighted by atomic mass is 10.1. The van der Waals surface area contributed by atoms with E-state index in [4.69, 9.17) is 16.3 Å². The molecule has 2 rings (SSSR count). The summed E-state index contributed by atoms with van der Waals surface area (Å²) >= 11 is 5.28. The van der Waals surface area contributed by atoms with Crippen LogP contribution in [0.5, 0.6) is 0 Å². The highest BCUT2D eigenvalue weighted by molar-refractivity contribution is 6.30. The van der Waals surface area contributed by atoms with Gasteiger partial charge in [-0.2, -0.15) is 13.2 Å². The zero-order valence-electron chi connectivity index (χ0n) is 13.1. The molecule has 6 heteroatoms. The van der Waals surface area contributed by atoms with Crippen LogP contribution in [-0.4, -0.2) is 18.2 Å². The fourth-order valence-corrected chi connectivity index (χ4v) is 3.25. The van der Waals surface area contributed by atoms with Crippen LogP contribution in [0.3, 0.4) is 0 Å². The van der Waals surface area contributed by atoms with Gasteiger partial charge in [0.25, 0.3) is 0 Å². The first-order valence-electron chi connectivity index (χ1n) is 7.24. The maximum absolute atomic E-state index is 12.5. The van der Waals surface area contributed by atoms with Crippen LogP contribution < -0.4 is 0 Å².